The first-order valence-corrected chi connectivity index (χ1v) is 8.70. The van der Waals surface area contributed by atoms with Gasteiger partial charge in [0.25, 0.3) is 0 Å². The Balaban J connectivity index is 1.93. The van der Waals surface area contributed by atoms with Crippen LogP contribution in [0, 0.1) is 0 Å². The molecule has 0 bridgehead atoms. The fraction of sp³-hybridized carbons (Fsp3) is 0.368. The maximum Gasteiger partial charge on any atom is 0.168 e. The summed E-state index contributed by atoms with van der Waals surface area (Å²) < 4.78 is 1.22. The molecule has 0 radical (unpaired) electrons. The molecule has 1 unspecified atom stereocenters. The molecule has 1 aliphatic carbocycles. The molecule has 1 atom stereocenters. The zero-order chi connectivity index (χ0) is 16.6. The number of thiophene rings is 1. The second-order valence-corrected chi connectivity index (χ2v) is 7.95. The number of rotatable bonds is 2. The number of aliphatic hydroxyl groups is 1. The number of ketones is 1. The molecule has 1 heterocycles. The minimum absolute atomic E-state index is 0.0287. The predicted molar refractivity (Wildman–Crippen MR) is 96.7 cm³/mol. The van der Waals surface area contributed by atoms with E-state index in [1.54, 1.807) is 17.6 Å². The second-order valence-electron chi connectivity index (χ2n) is 7.00. The zero-order valence-electron chi connectivity index (χ0n) is 13.7. The number of carbonyl (C=O) groups excluding carboxylic acids is 1. The lowest BCUT2D eigenvalue weighted by Gasteiger charge is -2.23. The summed E-state index contributed by atoms with van der Waals surface area (Å²) in [5.74, 6) is 0.165. The van der Waals surface area contributed by atoms with E-state index in [2.05, 4.69) is 28.6 Å². The third-order valence-corrected chi connectivity index (χ3v) is 4.92. The van der Waals surface area contributed by atoms with Gasteiger partial charge in [-0.1, -0.05) is 12.1 Å². The Morgan fingerprint density at radius 1 is 1.26 bits per heavy atom. The van der Waals surface area contributed by atoms with Crippen LogP contribution in [0.25, 0.3) is 10.1 Å². The fourth-order valence-corrected chi connectivity index (χ4v) is 3.73. The highest BCUT2D eigenvalue weighted by Gasteiger charge is 2.29. The van der Waals surface area contributed by atoms with Crippen LogP contribution >= 0.6 is 11.3 Å². The Morgan fingerprint density at radius 3 is 2.74 bits per heavy atom. The Hall–Kier alpha value is -1.94. The van der Waals surface area contributed by atoms with Crippen LogP contribution in [0.2, 0.25) is 0 Å². The van der Waals surface area contributed by atoms with Gasteiger partial charge in [0.15, 0.2) is 5.78 Å². The molecule has 0 aliphatic heterocycles. The number of aliphatic hydroxyl groups excluding tert-OH is 1. The Kier molecular flexibility index (Phi) is 4.11. The van der Waals surface area contributed by atoms with Crippen molar-refractivity contribution in [2.75, 3.05) is 0 Å². The van der Waals surface area contributed by atoms with E-state index in [1.807, 2.05) is 26.8 Å². The minimum atomic E-state index is -0.257. The van der Waals surface area contributed by atoms with Gasteiger partial charge in [0.2, 0.25) is 0 Å². The smallest absolute Gasteiger partial charge is 0.168 e. The molecule has 0 amide bonds. The lowest BCUT2D eigenvalue weighted by atomic mass is 9.82. The van der Waals surface area contributed by atoms with Crippen LogP contribution in [-0.4, -0.2) is 22.6 Å². The lowest BCUT2D eigenvalue weighted by Crippen LogP contribution is -2.20. The minimum Gasteiger partial charge on any atom is -0.511 e. The van der Waals surface area contributed by atoms with Crippen LogP contribution in [-0.2, 0) is 4.79 Å². The monoisotopic (exact) mass is 327 g/mol. The SMILES string of the molecule is CC(C)(C)N=CC1=C(O)CC(c2cccc3sccc23)CC1=O. The number of benzene rings is 1. The van der Waals surface area contributed by atoms with Gasteiger partial charge in [-0.05, 0) is 55.2 Å². The Labute approximate surface area is 140 Å². The molecule has 0 spiro atoms. The van der Waals surface area contributed by atoms with Crippen molar-refractivity contribution in [1.82, 2.24) is 0 Å². The second kappa shape index (κ2) is 5.93. The highest BCUT2D eigenvalue weighted by Crippen LogP contribution is 2.37. The molecule has 1 aromatic heterocycles. The molecule has 1 aromatic carbocycles. The summed E-state index contributed by atoms with van der Waals surface area (Å²) in [6, 6.07) is 8.27. The topological polar surface area (TPSA) is 49.7 Å². The van der Waals surface area contributed by atoms with Gasteiger partial charge in [0.1, 0.15) is 5.76 Å². The molecule has 1 aliphatic rings. The first kappa shape index (κ1) is 15.9. The van der Waals surface area contributed by atoms with E-state index in [9.17, 15) is 9.90 Å². The summed E-state index contributed by atoms with van der Waals surface area (Å²) in [7, 11) is 0. The maximum atomic E-state index is 12.5. The lowest BCUT2D eigenvalue weighted by molar-refractivity contribution is -0.116. The van der Waals surface area contributed by atoms with Crippen LogP contribution in [0.1, 0.15) is 45.1 Å². The van der Waals surface area contributed by atoms with E-state index in [0.29, 0.717) is 18.4 Å². The fourth-order valence-electron chi connectivity index (χ4n) is 2.91. The number of carbonyl (C=O) groups is 1. The van der Waals surface area contributed by atoms with Crippen molar-refractivity contribution in [3.63, 3.8) is 0 Å². The molecule has 0 fully saturated rings. The third-order valence-electron chi connectivity index (χ3n) is 4.03. The van der Waals surface area contributed by atoms with Crippen LogP contribution in [0.15, 0.2) is 46.0 Å². The van der Waals surface area contributed by atoms with E-state index in [-0.39, 0.29) is 23.0 Å². The van der Waals surface area contributed by atoms with Gasteiger partial charge in [0, 0.05) is 23.8 Å². The van der Waals surface area contributed by atoms with Gasteiger partial charge in [0.05, 0.1) is 11.1 Å². The molecule has 2 aromatic rings. The number of aliphatic imine (C=N–C) groups is 1. The zero-order valence-corrected chi connectivity index (χ0v) is 14.5. The standard InChI is InChI=1S/C19H21NO2S/c1-19(2,3)20-11-15-16(21)9-12(10-17(15)22)13-5-4-6-18-14(13)7-8-23-18/h4-8,11-12,21H,9-10H2,1-3H3. The van der Waals surface area contributed by atoms with E-state index in [4.69, 9.17) is 0 Å². The highest BCUT2D eigenvalue weighted by molar-refractivity contribution is 7.17. The summed E-state index contributed by atoms with van der Waals surface area (Å²) in [4.78, 5) is 16.8. The van der Waals surface area contributed by atoms with Gasteiger partial charge in [-0.25, -0.2) is 0 Å². The van der Waals surface area contributed by atoms with Crippen molar-refractivity contribution < 1.29 is 9.90 Å². The molecule has 0 saturated carbocycles. The van der Waals surface area contributed by atoms with Gasteiger partial charge in [-0.3, -0.25) is 9.79 Å². The average molecular weight is 327 g/mol. The summed E-state index contributed by atoms with van der Waals surface area (Å²) in [6.07, 6.45) is 2.45. The van der Waals surface area contributed by atoms with E-state index in [1.165, 1.54) is 10.1 Å². The molecule has 1 N–H and O–H groups in total. The summed E-state index contributed by atoms with van der Waals surface area (Å²) in [6.45, 7) is 5.90. The summed E-state index contributed by atoms with van der Waals surface area (Å²) in [5, 5.41) is 13.6. The molecular formula is C19H21NO2S. The normalized spacial score (nSPS) is 20.0. The summed E-state index contributed by atoms with van der Waals surface area (Å²) >= 11 is 1.70. The van der Waals surface area contributed by atoms with Crippen LogP contribution in [0.3, 0.4) is 0 Å². The van der Waals surface area contributed by atoms with E-state index in [0.717, 1.165) is 5.56 Å². The number of hydrogen-bond donors (Lipinski definition) is 1. The van der Waals surface area contributed by atoms with Crippen molar-refractivity contribution in [2.45, 2.75) is 45.1 Å². The van der Waals surface area contributed by atoms with Crippen molar-refractivity contribution in [3.8, 4) is 0 Å². The molecule has 0 saturated heterocycles. The number of allylic oxidation sites excluding steroid dienone is 2. The predicted octanol–water partition coefficient (Wildman–Crippen LogP) is 5.03. The third kappa shape index (κ3) is 3.37. The van der Waals surface area contributed by atoms with Gasteiger partial charge < -0.3 is 5.11 Å². The van der Waals surface area contributed by atoms with Gasteiger partial charge >= 0.3 is 0 Å². The van der Waals surface area contributed by atoms with Crippen molar-refractivity contribution in [3.05, 3.63) is 46.5 Å². The first-order chi connectivity index (χ1) is 10.8. The molecule has 120 valence electrons. The number of hydrogen-bond acceptors (Lipinski definition) is 4. The highest BCUT2D eigenvalue weighted by atomic mass is 32.1. The number of fused-ring (bicyclic) bond motifs is 1. The molecular weight excluding hydrogens is 306 g/mol. The Morgan fingerprint density at radius 2 is 2.04 bits per heavy atom. The quantitative estimate of drug-likeness (QED) is 0.787. The number of Topliss-reactive ketones (excluding diaryl/α,β-unsaturated/α-hetero) is 1. The van der Waals surface area contributed by atoms with Crippen molar-refractivity contribution >= 4 is 33.4 Å². The van der Waals surface area contributed by atoms with Crippen LogP contribution in [0.5, 0.6) is 0 Å². The summed E-state index contributed by atoms with van der Waals surface area (Å²) in [5.41, 5.74) is 1.26. The number of nitrogens with zero attached hydrogens (tertiary/aromatic N) is 1. The van der Waals surface area contributed by atoms with Gasteiger partial charge in [-0.2, -0.15) is 0 Å². The van der Waals surface area contributed by atoms with Crippen LogP contribution in [0.4, 0.5) is 0 Å². The van der Waals surface area contributed by atoms with Crippen molar-refractivity contribution in [2.24, 2.45) is 4.99 Å². The van der Waals surface area contributed by atoms with Gasteiger partial charge in [-0.15, -0.1) is 11.3 Å². The van der Waals surface area contributed by atoms with E-state index < -0.39 is 0 Å². The molecule has 3 nitrogen and oxygen atoms in total. The maximum absolute atomic E-state index is 12.5. The molecule has 23 heavy (non-hydrogen) atoms. The molecule has 3 rings (SSSR count). The first-order valence-electron chi connectivity index (χ1n) is 7.82. The van der Waals surface area contributed by atoms with E-state index >= 15 is 0 Å². The van der Waals surface area contributed by atoms with Crippen LogP contribution < -0.4 is 0 Å². The van der Waals surface area contributed by atoms with Crippen molar-refractivity contribution in [1.29, 1.82) is 0 Å². The largest absolute Gasteiger partial charge is 0.511 e. The molecule has 4 heteroatoms. The average Bonchev–Trinajstić information content (AvgIpc) is 2.93. The Bertz CT molecular complexity index is 808.